The molecule has 426 valence electrons. The molecule has 0 unspecified atom stereocenters. The first-order valence-corrected chi connectivity index (χ1v) is 27.2. The molecule has 0 aliphatic carbocycles. The van der Waals surface area contributed by atoms with Gasteiger partial charge >= 0.3 is 5.97 Å². The van der Waals surface area contributed by atoms with Crippen LogP contribution in [0.15, 0.2) is 60.7 Å². The largest absolute Gasteiger partial charge is 0.450 e. The molecule has 8 amide bonds. The number of aliphatic hydroxyl groups is 1. The number of hydrogen-bond acceptors (Lipinski definition) is 11. The molecular formula is C58H88N8O11. The number of cyclic esters (lactones) is 1. The van der Waals surface area contributed by atoms with Crippen LogP contribution >= 0.6 is 0 Å². The Morgan fingerprint density at radius 1 is 0.558 bits per heavy atom. The topological polar surface area (TPSA) is 235 Å². The van der Waals surface area contributed by atoms with Gasteiger partial charge in [0.1, 0.15) is 42.3 Å². The molecule has 2 aliphatic rings. The number of ether oxygens (including phenoxy) is 1. The number of esters is 1. The zero-order chi connectivity index (χ0) is 58.0. The Balaban J connectivity index is 1.95. The van der Waals surface area contributed by atoms with Crippen LogP contribution in [0.5, 0.6) is 0 Å². The number of amides is 8. The summed E-state index contributed by atoms with van der Waals surface area (Å²) < 4.78 is 5.99. The predicted molar refractivity (Wildman–Crippen MR) is 292 cm³/mol. The summed E-state index contributed by atoms with van der Waals surface area (Å²) in [5.74, 6) is -8.84. The molecule has 2 aromatic carbocycles. The van der Waals surface area contributed by atoms with Crippen molar-refractivity contribution in [2.45, 2.75) is 175 Å². The molecule has 19 heteroatoms. The van der Waals surface area contributed by atoms with E-state index in [0.717, 1.165) is 15.4 Å². The van der Waals surface area contributed by atoms with Crippen LogP contribution in [0.2, 0.25) is 0 Å². The van der Waals surface area contributed by atoms with Crippen molar-refractivity contribution in [3.8, 4) is 0 Å². The van der Waals surface area contributed by atoms with Gasteiger partial charge in [-0.15, -0.1) is 0 Å². The second-order valence-corrected chi connectivity index (χ2v) is 23.4. The molecule has 19 nitrogen and oxygen atoms in total. The molecule has 2 saturated heterocycles. The van der Waals surface area contributed by atoms with Crippen LogP contribution in [-0.4, -0.2) is 178 Å². The second kappa shape index (κ2) is 27.3. The number of carbonyl (C=O) groups is 9. The van der Waals surface area contributed by atoms with Crippen LogP contribution in [0, 0.1) is 29.6 Å². The number of hydrogen-bond donors (Lipinski definition) is 4. The highest BCUT2D eigenvalue weighted by Gasteiger charge is 2.47. The van der Waals surface area contributed by atoms with Gasteiger partial charge in [-0.3, -0.25) is 38.4 Å². The van der Waals surface area contributed by atoms with Gasteiger partial charge in [0.05, 0.1) is 5.60 Å². The van der Waals surface area contributed by atoms with Crippen LogP contribution in [0.1, 0.15) is 113 Å². The summed E-state index contributed by atoms with van der Waals surface area (Å²) in [6, 6.07) is 8.05. The van der Waals surface area contributed by atoms with Gasteiger partial charge in [0, 0.05) is 47.6 Å². The Bertz CT molecular complexity index is 2390. The zero-order valence-corrected chi connectivity index (χ0v) is 48.4. The van der Waals surface area contributed by atoms with E-state index < -0.39 is 137 Å². The Morgan fingerprint density at radius 3 is 1.51 bits per heavy atom. The second-order valence-electron chi connectivity index (χ2n) is 23.4. The van der Waals surface area contributed by atoms with Gasteiger partial charge in [-0.1, -0.05) is 130 Å². The lowest BCUT2D eigenvalue weighted by molar-refractivity contribution is -0.177. The third-order valence-electron chi connectivity index (χ3n) is 14.7. The van der Waals surface area contributed by atoms with Crippen molar-refractivity contribution in [3.05, 3.63) is 71.8 Å². The summed E-state index contributed by atoms with van der Waals surface area (Å²) in [7, 11) is 5.62. The third-order valence-corrected chi connectivity index (χ3v) is 14.7. The van der Waals surface area contributed by atoms with Crippen molar-refractivity contribution in [1.82, 2.24) is 40.4 Å². The van der Waals surface area contributed by atoms with Crippen molar-refractivity contribution >= 4 is 53.2 Å². The van der Waals surface area contributed by atoms with Crippen LogP contribution in [-0.2, 0) is 60.7 Å². The maximum Gasteiger partial charge on any atom is 0.332 e. The lowest BCUT2D eigenvalue weighted by Gasteiger charge is -2.39. The fourth-order valence-corrected chi connectivity index (χ4v) is 10.6. The fourth-order valence-electron chi connectivity index (χ4n) is 10.6. The van der Waals surface area contributed by atoms with E-state index in [4.69, 9.17) is 4.74 Å². The first kappa shape index (κ1) is 63.2. The summed E-state index contributed by atoms with van der Waals surface area (Å²) in [6.45, 7) is 20.2. The number of nitrogens with zero attached hydrogens (tertiary/aromatic N) is 5. The molecule has 0 spiro atoms. The minimum atomic E-state index is -1.97. The smallest absolute Gasteiger partial charge is 0.332 e. The van der Waals surface area contributed by atoms with Gasteiger partial charge in [0.15, 0.2) is 12.1 Å². The molecule has 77 heavy (non-hydrogen) atoms. The molecule has 4 rings (SSSR count). The highest BCUT2D eigenvalue weighted by atomic mass is 16.6. The van der Waals surface area contributed by atoms with Crippen LogP contribution in [0.3, 0.4) is 0 Å². The summed E-state index contributed by atoms with van der Waals surface area (Å²) in [6.07, 6.45) is -0.703. The summed E-state index contributed by atoms with van der Waals surface area (Å²) in [4.78, 5) is 139. The first-order valence-electron chi connectivity index (χ1n) is 27.2. The molecule has 0 radical (unpaired) electrons. The van der Waals surface area contributed by atoms with Gasteiger partial charge < -0.3 is 50.3 Å². The van der Waals surface area contributed by atoms with Crippen molar-refractivity contribution < 1.29 is 53.0 Å². The van der Waals surface area contributed by atoms with Crippen molar-refractivity contribution in [2.75, 3.05) is 34.7 Å². The Hall–Kier alpha value is -6.37. The van der Waals surface area contributed by atoms with E-state index in [2.05, 4.69) is 16.0 Å². The van der Waals surface area contributed by atoms with E-state index in [1.807, 2.05) is 50.2 Å². The number of likely N-dealkylation sites (N-methyl/N-ethyl adjacent to an activating group) is 4. The molecule has 9 atom stereocenters. The van der Waals surface area contributed by atoms with E-state index in [1.165, 1.54) is 56.7 Å². The number of fused-ring (bicyclic) bond motifs is 1. The fraction of sp³-hybridized carbons (Fsp3) is 0.638. The number of rotatable bonds is 11. The van der Waals surface area contributed by atoms with Crippen LogP contribution < -0.4 is 16.0 Å². The number of carbonyl (C=O) groups excluding carboxylic acids is 9. The van der Waals surface area contributed by atoms with Gasteiger partial charge in [-0.25, -0.2) is 4.79 Å². The Morgan fingerprint density at radius 2 is 1.04 bits per heavy atom. The lowest BCUT2D eigenvalue weighted by atomic mass is 9.94. The molecule has 0 aromatic heterocycles. The number of benzene rings is 2. The normalized spacial score (nSPS) is 26.2. The highest BCUT2D eigenvalue weighted by molar-refractivity contribution is 5.99. The molecule has 0 bridgehead atoms. The highest BCUT2D eigenvalue weighted by Crippen LogP contribution is 2.26. The standard InChI is InChI=1S/C58H88N8O11/c1-33(2)30-40-53(71)65(16)48(58(11,12)76)57(75)77-47(37(9)10)56(74)64(15)46(36(7)8)51(69)60-41(31-38-24-19-17-20-25-38)52(70)62(13)43(32-39-26-21-18-22-27-39)54(72)66-29-23-28-42(66)49(67)61-44(34(3)4)55(73)63(14)45(35(5)6)50(68)59-40/h17-22,24-27,33-37,40-48,76H,23,28-32H2,1-16H3,(H,59,68)(H,60,69)(H,61,67)/t40-,41-,42+,43+,44+,45+,46+,47-,48-/m0/s1. The Labute approximate surface area is 456 Å². The van der Waals surface area contributed by atoms with Crippen LogP contribution in [0.25, 0.3) is 0 Å². The molecule has 2 fully saturated rings. The molecule has 0 saturated carbocycles. The summed E-state index contributed by atoms with van der Waals surface area (Å²) in [5, 5.41) is 20.3. The lowest BCUT2D eigenvalue weighted by Crippen LogP contribution is -2.63. The van der Waals surface area contributed by atoms with Gasteiger partial charge in [0.25, 0.3) is 5.91 Å². The maximum absolute atomic E-state index is 15.2. The SMILES string of the molecule is CC(C)C[C@@H]1NC(=O)[C@@H](C(C)C)N(C)C(=O)[C@@H](C(C)C)NC(=O)[C@H]2CCCN2C(=O)[C@@H](Cc2ccccc2)N(C)C(=O)[C@H](Cc2ccccc2)NC(=O)[C@@H](C(C)C)N(C)C(=O)[C@H](C(C)C)OC(=O)[C@@H](C(C)(C)O)N(C)C1=O. The van der Waals surface area contributed by atoms with Gasteiger partial charge in [0.2, 0.25) is 41.4 Å². The molecule has 2 aromatic rings. The van der Waals surface area contributed by atoms with E-state index in [9.17, 15) is 38.7 Å². The molecule has 2 heterocycles. The van der Waals surface area contributed by atoms with Crippen LogP contribution in [0.4, 0.5) is 0 Å². The molecule has 2 aliphatic heterocycles. The average Bonchev–Trinajstić information content (AvgIpc) is 3.85. The van der Waals surface area contributed by atoms with E-state index in [1.54, 1.807) is 79.7 Å². The molecular weight excluding hydrogens is 985 g/mol. The maximum atomic E-state index is 15.2. The first-order chi connectivity index (χ1) is 35.9. The minimum Gasteiger partial charge on any atom is -0.450 e. The monoisotopic (exact) mass is 1070 g/mol. The predicted octanol–water partition coefficient (Wildman–Crippen LogP) is 3.59. The molecule has 4 N–H and O–H groups in total. The third kappa shape index (κ3) is 15.9. The zero-order valence-electron chi connectivity index (χ0n) is 48.4. The number of nitrogens with one attached hydrogen (secondary N) is 3. The van der Waals surface area contributed by atoms with Gasteiger partial charge in [-0.05, 0) is 73.8 Å². The van der Waals surface area contributed by atoms with Crippen molar-refractivity contribution in [1.29, 1.82) is 0 Å². The van der Waals surface area contributed by atoms with Crippen molar-refractivity contribution in [2.24, 2.45) is 29.6 Å². The van der Waals surface area contributed by atoms with E-state index in [-0.39, 0.29) is 38.1 Å². The van der Waals surface area contributed by atoms with E-state index in [0.29, 0.717) is 12.0 Å². The quantitative estimate of drug-likeness (QED) is 0.238. The van der Waals surface area contributed by atoms with Gasteiger partial charge in [-0.2, -0.15) is 0 Å². The Kier molecular flexibility index (Phi) is 22.4. The average molecular weight is 1070 g/mol. The summed E-state index contributed by atoms with van der Waals surface area (Å²) >= 11 is 0. The summed E-state index contributed by atoms with van der Waals surface area (Å²) in [5.41, 5.74) is -0.555. The minimum absolute atomic E-state index is 0.00804. The van der Waals surface area contributed by atoms with Crippen molar-refractivity contribution in [3.63, 3.8) is 0 Å². The van der Waals surface area contributed by atoms with E-state index >= 15 is 9.59 Å².